The smallest absolute Gasteiger partial charge is 0.214 e. The molecule has 8 aromatic carbocycles. The van der Waals surface area contributed by atoms with Gasteiger partial charge in [0.2, 0.25) is 5.71 Å². The molecule has 0 amide bonds. The van der Waals surface area contributed by atoms with Gasteiger partial charge in [0.25, 0.3) is 0 Å². The minimum absolute atomic E-state index is 0.0238. The minimum atomic E-state index is 0.0238. The highest BCUT2D eigenvalue weighted by atomic mass is 16.3. The molecule has 0 fully saturated rings. The minimum Gasteiger partial charge on any atom is -0.454 e. The molecule has 5 nitrogen and oxygen atoms in total. The van der Waals surface area contributed by atoms with Crippen molar-refractivity contribution in [2.24, 2.45) is 0 Å². The van der Waals surface area contributed by atoms with Crippen molar-refractivity contribution in [2.45, 2.75) is 105 Å². The van der Waals surface area contributed by atoms with Gasteiger partial charge in [0.15, 0.2) is 5.58 Å². The summed E-state index contributed by atoms with van der Waals surface area (Å²) in [5.41, 5.74) is 17.4. The second-order valence-corrected chi connectivity index (χ2v) is 24.0. The molecule has 4 heterocycles. The lowest BCUT2D eigenvalue weighted by Crippen LogP contribution is -2.14. The van der Waals surface area contributed by atoms with Gasteiger partial charge in [0, 0.05) is 50.0 Å². The van der Waals surface area contributed by atoms with Crippen LogP contribution in [0.3, 0.4) is 0 Å². The molecule has 0 aliphatic rings. The first-order valence-electron chi connectivity index (χ1n) is 25.2. The molecule has 0 radical (unpaired) electrons. The molecule has 12 rings (SSSR count). The van der Waals surface area contributed by atoms with Crippen LogP contribution >= 0.6 is 0 Å². The van der Waals surface area contributed by atoms with Crippen LogP contribution in [-0.2, 0) is 21.7 Å². The van der Waals surface area contributed by atoms with Crippen LogP contribution in [0.15, 0.2) is 173 Å². The summed E-state index contributed by atoms with van der Waals surface area (Å²) in [4.78, 5) is 4.81. The van der Waals surface area contributed by atoms with Crippen LogP contribution in [-0.4, -0.2) is 4.40 Å². The molecule has 0 N–H and O–H groups in total. The molecule has 4 aromatic heterocycles. The van der Waals surface area contributed by atoms with Gasteiger partial charge < -0.3 is 18.6 Å². The van der Waals surface area contributed by atoms with Crippen LogP contribution in [0.5, 0.6) is 0 Å². The molecule has 0 saturated heterocycles. The Hall–Kier alpha value is -7.50. The highest BCUT2D eigenvalue weighted by molar-refractivity contribution is 6.33. The van der Waals surface area contributed by atoms with Gasteiger partial charge in [-0.1, -0.05) is 156 Å². The third-order valence-electron chi connectivity index (χ3n) is 14.9. The Morgan fingerprint density at radius 1 is 0.352 bits per heavy atom. The maximum Gasteiger partial charge on any atom is 0.214 e. The van der Waals surface area contributed by atoms with E-state index in [2.05, 4.69) is 261 Å². The van der Waals surface area contributed by atoms with Gasteiger partial charge >= 0.3 is 0 Å². The van der Waals surface area contributed by atoms with Crippen molar-refractivity contribution in [1.82, 2.24) is 4.40 Å². The molecular weight excluding hydrogens is 867 g/mol. The number of rotatable bonds is 6. The van der Waals surface area contributed by atoms with E-state index >= 15 is 0 Å². The van der Waals surface area contributed by atoms with E-state index in [4.69, 9.17) is 8.83 Å². The molecule has 0 saturated carbocycles. The number of furan rings is 2. The third kappa shape index (κ3) is 7.26. The molecule has 5 heteroatoms. The summed E-state index contributed by atoms with van der Waals surface area (Å²) in [7, 11) is 0. The van der Waals surface area contributed by atoms with Gasteiger partial charge in [0.05, 0.1) is 16.6 Å². The zero-order chi connectivity index (χ0) is 49.5. The van der Waals surface area contributed by atoms with E-state index in [0.717, 1.165) is 105 Å². The lowest BCUT2D eigenvalue weighted by Gasteiger charge is -2.28. The van der Waals surface area contributed by atoms with Gasteiger partial charge in [-0.25, -0.2) is 0 Å². The first kappa shape index (κ1) is 44.7. The van der Waals surface area contributed by atoms with Crippen molar-refractivity contribution in [1.29, 1.82) is 0 Å². The average molecular weight is 930 g/mol. The number of para-hydroxylation sites is 1. The molecule has 0 aliphatic heterocycles. The average Bonchev–Trinajstić information content (AvgIpc) is 4.06. The standard InChI is InChI=1S/C66H63N3O2/c1-63(2,3)42-18-27-46(28-19-42)67(47-29-20-43(21-30-47)64(4,5)6)50-26-17-40-39-56-53(38-41(40)37-50)60-61(70-56)52-35-36-54(58-57-51-15-13-14-16-55(51)71-62(57)69(60)59(52)58)68(48-31-22-44(23-32-48)65(7,8)9)49-33-24-45(25-34-49)66(10,11)12/h13-39H,1-12H3. The van der Waals surface area contributed by atoms with Crippen LogP contribution in [0.25, 0.3) is 71.2 Å². The number of fused-ring (bicyclic) bond motifs is 11. The zero-order valence-corrected chi connectivity index (χ0v) is 43.2. The molecule has 0 aliphatic carbocycles. The van der Waals surface area contributed by atoms with Gasteiger partial charge in [-0.2, -0.15) is 0 Å². The lowest BCUT2D eigenvalue weighted by molar-refractivity contribution is 0.590. The molecule has 71 heavy (non-hydrogen) atoms. The van der Waals surface area contributed by atoms with Gasteiger partial charge in [-0.15, -0.1) is 0 Å². The monoisotopic (exact) mass is 929 g/mol. The summed E-state index contributed by atoms with van der Waals surface area (Å²) in [6.07, 6.45) is 0. The van der Waals surface area contributed by atoms with Gasteiger partial charge in [0.1, 0.15) is 16.7 Å². The van der Waals surface area contributed by atoms with Crippen LogP contribution in [0.4, 0.5) is 34.1 Å². The number of anilines is 6. The van der Waals surface area contributed by atoms with Gasteiger partial charge in [-0.3, -0.25) is 4.40 Å². The summed E-state index contributed by atoms with van der Waals surface area (Å²) >= 11 is 0. The van der Waals surface area contributed by atoms with Crippen molar-refractivity contribution in [3.63, 3.8) is 0 Å². The molecule has 0 spiro atoms. The molecule has 0 unspecified atom stereocenters. The molecular formula is C66H63N3O2. The fourth-order valence-electron chi connectivity index (χ4n) is 10.8. The van der Waals surface area contributed by atoms with Crippen molar-refractivity contribution in [2.75, 3.05) is 9.80 Å². The largest absolute Gasteiger partial charge is 0.454 e. The van der Waals surface area contributed by atoms with E-state index in [1.165, 1.54) is 22.3 Å². The van der Waals surface area contributed by atoms with E-state index in [1.807, 2.05) is 0 Å². The van der Waals surface area contributed by atoms with Gasteiger partial charge in [-0.05, 0) is 146 Å². The van der Waals surface area contributed by atoms with Crippen LogP contribution < -0.4 is 9.80 Å². The number of hydrogen-bond donors (Lipinski definition) is 0. The van der Waals surface area contributed by atoms with Crippen molar-refractivity contribution < 1.29 is 8.83 Å². The second-order valence-electron chi connectivity index (χ2n) is 24.0. The summed E-state index contributed by atoms with van der Waals surface area (Å²) < 4.78 is 16.4. The van der Waals surface area contributed by atoms with Crippen LogP contribution in [0, 0.1) is 0 Å². The zero-order valence-electron chi connectivity index (χ0n) is 43.2. The predicted molar refractivity (Wildman–Crippen MR) is 302 cm³/mol. The third-order valence-corrected chi connectivity index (χ3v) is 14.9. The SMILES string of the molecule is CC(C)(C)c1ccc(N(c2ccc(C(C)(C)C)cc2)c2ccc3cc4oc5c6ccc(N(c7ccc(C(C)(C)C)cc7)c7ccc(C(C)(C)C)cc7)c7c8c9ccccc9oc8n(c5c4cc3c2)c67)cc1. The lowest BCUT2D eigenvalue weighted by atomic mass is 9.86. The molecule has 0 bridgehead atoms. The second kappa shape index (κ2) is 15.5. The van der Waals surface area contributed by atoms with Crippen LogP contribution in [0.2, 0.25) is 0 Å². The Morgan fingerprint density at radius 2 is 0.831 bits per heavy atom. The van der Waals surface area contributed by atoms with E-state index in [1.54, 1.807) is 0 Å². The van der Waals surface area contributed by atoms with E-state index in [-0.39, 0.29) is 21.7 Å². The quantitative estimate of drug-likeness (QED) is 0.166. The fourth-order valence-corrected chi connectivity index (χ4v) is 10.8. The number of aromatic nitrogens is 1. The Bertz CT molecular complexity index is 3870. The summed E-state index contributed by atoms with van der Waals surface area (Å²) in [6, 6.07) is 60.7. The van der Waals surface area contributed by atoms with Crippen molar-refractivity contribution in [3.8, 4) is 0 Å². The highest BCUT2D eigenvalue weighted by Gasteiger charge is 2.31. The van der Waals surface area contributed by atoms with Crippen molar-refractivity contribution in [3.05, 3.63) is 186 Å². The first-order valence-corrected chi connectivity index (χ1v) is 25.2. The predicted octanol–water partition coefficient (Wildman–Crippen LogP) is 19.6. The maximum absolute atomic E-state index is 7.04. The van der Waals surface area contributed by atoms with Crippen molar-refractivity contribution >= 4 is 105 Å². The summed E-state index contributed by atoms with van der Waals surface area (Å²) in [6.45, 7) is 27.3. The maximum atomic E-state index is 7.04. The molecule has 0 atom stereocenters. The summed E-state index contributed by atoms with van der Waals surface area (Å²) in [5.74, 6) is 0. The van der Waals surface area contributed by atoms with E-state index in [0.29, 0.717) is 0 Å². The number of benzene rings is 8. The fraction of sp³-hybridized carbons (Fsp3) is 0.242. The Balaban J connectivity index is 1.09. The molecule has 354 valence electrons. The Labute approximate surface area is 417 Å². The molecule has 12 aromatic rings. The topological polar surface area (TPSA) is 37.2 Å². The summed E-state index contributed by atoms with van der Waals surface area (Å²) in [5, 5.41) is 7.68. The highest BCUT2D eigenvalue weighted by Crippen LogP contribution is 2.52. The number of hydrogen-bond acceptors (Lipinski definition) is 4. The Morgan fingerprint density at radius 3 is 1.34 bits per heavy atom. The van der Waals surface area contributed by atoms with E-state index in [9.17, 15) is 0 Å². The van der Waals surface area contributed by atoms with Crippen LogP contribution in [0.1, 0.15) is 105 Å². The number of nitrogens with zero attached hydrogens (tertiary/aromatic N) is 3. The normalized spacial score (nSPS) is 13.1. The first-order chi connectivity index (χ1) is 33.7. The van der Waals surface area contributed by atoms with E-state index < -0.39 is 0 Å². The Kier molecular flexibility index (Phi) is 9.76.